The highest BCUT2D eigenvalue weighted by Crippen LogP contribution is 2.30. The number of ether oxygens (including phenoxy) is 2. The summed E-state index contributed by atoms with van der Waals surface area (Å²) in [6.45, 7) is 9.16. The molecule has 2 aromatic rings. The first-order valence-corrected chi connectivity index (χ1v) is 8.84. The van der Waals surface area contributed by atoms with Gasteiger partial charge in [0.2, 0.25) is 0 Å². The summed E-state index contributed by atoms with van der Waals surface area (Å²) in [5.74, 6) is 2.23. The van der Waals surface area contributed by atoms with Crippen LogP contribution in [-0.2, 0) is 0 Å². The molecule has 0 spiro atoms. The van der Waals surface area contributed by atoms with E-state index in [1.165, 1.54) is 0 Å². The first-order chi connectivity index (χ1) is 12.0. The van der Waals surface area contributed by atoms with Gasteiger partial charge in [0.15, 0.2) is 16.6 Å². The van der Waals surface area contributed by atoms with Crippen molar-refractivity contribution in [2.45, 2.75) is 33.7 Å². The lowest BCUT2D eigenvalue weighted by Crippen LogP contribution is -2.31. The van der Waals surface area contributed by atoms with Gasteiger partial charge in [-0.25, -0.2) is 4.98 Å². The van der Waals surface area contributed by atoms with Crippen molar-refractivity contribution in [3.63, 3.8) is 0 Å². The molecular formula is C19H25N3O2S. The van der Waals surface area contributed by atoms with Gasteiger partial charge in [-0.1, -0.05) is 6.07 Å². The maximum atomic E-state index is 5.68. The predicted molar refractivity (Wildman–Crippen MR) is 106 cm³/mol. The second kappa shape index (κ2) is 9.22. The lowest BCUT2D eigenvalue weighted by molar-refractivity contribution is 0.287. The Morgan fingerprint density at radius 2 is 1.84 bits per heavy atom. The quantitative estimate of drug-likeness (QED) is 0.722. The third-order valence-corrected chi connectivity index (χ3v) is 3.79. The number of aromatic nitrogens is 1. The van der Waals surface area contributed by atoms with E-state index in [-0.39, 0.29) is 6.04 Å². The van der Waals surface area contributed by atoms with E-state index in [1.54, 1.807) is 6.20 Å². The molecule has 0 saturated carbocycles. The molecule has 0 aliphatic rings. The van der Waals surface area contributed by atoms with Gasteiger partial charge < -0.3 is 20.1 Å². The number of nitrogens with zero attached hydrogens (tertiary/aromatic N) is 1. The van der Waals surface area contributed by atoms with E-state index in [1.807, 2.05) is 58.0 Å². The van der Waals surface area contributed by atoms with E-state index >= 15 is 0 Å². The molecule has 0 bridgehead atoms. The number of pyridine rings is 1. The maximum Gasteiger partial charge on any atom is 0.172 e. The summed E-state index contributed by atoms with van der Waals surface area (Å²) in [5, 5.41) is 6.90. The Hall–Kier alpha value is -2.34. The molecule has 5 nitrogen and oxygen atoms in total. The van der Waals surface area contributed by atoms with Crippen LogP contribution < -0.4 is 20.1 Å². The van der Waals surface area contributed by atoms with Gasteiger partial charge in [-0.2, -0.15) is 0 Å². The van der Waals surface area contributed by atoms with Crippen molar-refractivity contribution in [1.29, 1.82) is 0 Å². The molecule has 2 N–H and O–H groups in total. The Kier molecular flexibility index (Phi) is 7.01. The summed E-state index contributed by atoms with van der Waals surface area (Å²) in [6, 6.07) is 9.83. The van der Waals surface area contributed by atoms with Gasteiger partial charge in [0, 0.05) is 6.20 Å². The third-order valence-electron chi connectivity index (χ3n) is 3.57. The highest BCUT2D eigenvalue weighted by Gasteiger charge is 2.12. The minimum absolute atomic E-state index is 0.0136. The van der Waals surface area contributed by atoms with Crippen LogP contribution in [0.15, 0.2) is 36.5 Å². The third kappa shape index (κ3) is 5.60. The highest BCUT2D eigenvalue weighted by molar-refractivity contribution is 7.80. The van der Waals surface area contributed by atoms with Gasteiger partial charge in [0.1, 0.15) is 5.82 Å². The van der Waals surface area contributed by atoms with Crippen LogP contribution in [0.1, 0.15) is 37.9 Å². The molecule has 134 valence electrons. The van der Waals surface area contributed by atoms with Gasteiger partial charge in [-0.3, -0.25) is 0 Å². The molecule has 2 rings (SSSR count). The predicted octanol–water partition coefficient (Wildman–Crippen LogP) is 4.24. The van der Waals surface area contributed by atoms with Crippen LogP contribution in [0.2, 0.25) is 0 Å². The number of nitrogens with one attached hydrogen (secondary N) is 2. The number of hydrogen-bond acceptors (Lipinski definition) is 4. The molecule has 1 aromatic heterocycles. The van der Waals surface area contributed by atoms with Crippen molar-refractivity contribution < 1.29 is 9.47 Å². The van der Waals surface area contributed by atoms with Crippen molar-refractivity contribution >= 4 is 23.1 Å². The number of rotatable bonds is 7. The van der Waals surface area contributed by atoms with Crippen LogP contribution >= 0.6 is 12.2 Å². The summed E-state index contributed by atoms with van der Waals surface area (Å²) in [4.78, 5) is 4.25. The molecule has 0 saturated heterocycles. The molecule has 1 heterocycles. The SMILES string of the molecule is CCOc1ccc(C(C)NC(=S)Nc2cc(C)ccn2)cc1OCC. The fourth-order valence-corrected chi connectivity index (χ4v) is 2.66. The van der Waals surface area contributed by atoms with Crippen LogP contribution in [0.5, 0.6) is 11.5 Å². The summed E-state index contributed by atoms with van der Waals surface area (Å²) >= 11 is 5.39. The first-order valence-electron chi connectivity index (χ1n) is 8.43. The molecule has 0 aliphatic carbocycles. The molecule has 1 aromatic carbocycles. The van der Waals surface area contributed by atoms with Crippen LogP contribution in [0, 0.1) is 6.92 Å². The van der Waals surface area contributed by atoms with E-state index in [0.717, 1.165) is 28.4 Å². The normalized spacial score (nSPS) is 11.5. The van der Waals surface area contributed by atoms with Gasteiger partial charge in [0.25, 0.3) is 0 Å². The van der Waals surface area contributed by atoms with Crippen LogP contribution in [0.3, 0.4) is 0 Å². The monoisotopic (exact) mass is 359 g/mol. The average molecular weight is 359 g/mol. The van der Waals surface area contributed by atoms with Gasteiger partial charge >= 0.3 is 0 Å². The topological polar surface area (TPSA) is 55.4 Å². The Morgan fingerprint density at radius 1 is 1.12 bits per heavy atom. The van der Waals surface area contributed by atoms with E-state index in [4.69, 9.17) is 21.7 Å². The molecule has 6 heteroatoms. The molecule has 1 unspecified atom stereocenters. The van der Waals surface area contributed by atoms with Crippen molar-refractivity contribution in [3.8, 4) is 11.5 Å². The van der Waals surface area contributed by atoms with Gasteiger partial charge in [-0.05, 0) is 75.3 Å². The Bertz CT molecular complexity index is 722. The van der Waals surface area contributed by atoms with E-state index in [0.29, 0.717) is 18.3 Å². The smallest absolute Gasteiger partial charge is 0.172 e. The van der Waals surface area contributed by atoms with Crippen molar-refractivity contribution in [3.05, 3.63) is 47.7 Å². The number of hydrogen-bond donors (Lipinski definition) is 2. The van der Waals surface area contributed by atoms with Crippen molar-refractivity contribution in [1.82, 2.24) is 10.3 Å². The summed E-state index contributed by atoms with van der Waals surface area (Å²) < 4.78 is 11.3. The Balaban J connectivity index is 2.05. The molecule has 1 atom stereocenters. The summed E-state index contributed by atoms with van der Waals surface area (Å²) in [7, 11) is 0. The van der Waals surface area contributed by atoms with Crippen molar-refractivity contribution in [2.24, 2.45) is 0 Å². The zero-order valence-electron chi connectivity index (χ0n) is 15.1. The van der Waals surface area contributed by atoms with Gasteiger partial charge in [-0.15, -0.1) is 0 Å². The van der Waals surface area contributed by atoms with E-state index in [9.17, 15) is 0 Å². The van der Waals surface area contributed by atoms with Gasteiger partial charge in [0.05, 0.1) is 19.3 Å². The number of benzene rings is 1. The minimum Gasteiger partial charge on any atom is -0.490 e. The molecule has 0 aliphatic heterocycles. The average Bonchev–Trinajstić information content (AvgIpc) is 2.56. The zero-order chi connectivity index (χ0) is 18.2. The second-order valence-electron chi connectivity index (χ2n) is 5.61. The van der Waals surface area contributed by atoms with E-state index < -0.39 is 0 Å². The fraction of sp³-hybridized carbons (Fsp3) is 0.368. The molecule has 0 amide bonds. The van der Waals surface area contributed by atoms with Crippen LogP contribution in [0.25, 0.3) is 0 Å². The Labute approximate surface area is 154 Å². The zero-order valence-corrected chi connectivity index (χ0v) is 15.9. The minimum atomic E-state index is 0.0136. The summed E-state index contributed by atoms with van der Waals surface area (Å²) in [5.41, 5.74) is 2.19. The Morgan fingerprint density at radius 3 is 2.52 bits per heavy atom. The van der Waals surface area contributed by atoms with Crippen LogP contribution in [0.4, 0.5) is 5.82 Å². The highest BCUT2D eigenvalue weighted by atomic mass is 32.1. The lowest BCUT2D eigenvalue weighted by atomic mass is 10.1. The van der Waals surface area contributed by atoms with Crippen molar-refractivity contribution in [2.75, 3.05) is 18.5 Å². The molecular weight excluding hydrogens is 334 g/mol. The number of aryl methyl sites for hydroxylation is 1. The standard InChI is InChI=1S/C19H25N3O2S/c1-5-23-16-8-7-15(12-17(16)24-6-2)14(4)21-19(25)22-18-11-13(3)9-10-20-18/h7-12,14H,5-6H2,1-4H3,(H2,20,21,22,25). The molecule has 0 radical (unpaired) electrons. The first kappa shape index (κ1) is 19.0. The largest absolute Gasteiger partial charge is 0.490 e. The maximum absolute atomic E-state index is 5.68. The molecule has 25 heavy (non-hydrogen) atoms. The number of anilines is 1. The summed E-state index contributed by atoms with van der Waals surface area (Å²) in [6.07, 6.45) is 1.75. The number of thiocarbonyl (C=S) groups is 1. The lowest BCUT2D eigenvalue weighted by Gasteiger charge is -2.19. The van der Waals surface area contributed by atoms with E-state index in [2.05, 4.69) is 15.6 Å². The fourth-order valence-electron chi connectivity index (χ4n) is 2.37. The van der Waals surface area contributed by atoms with Crippen LogP contribution in [-0.4, -0.2) is 23.3 Å². The second-order valence-corrected chi connectivity index (χ2v) is 6.02. The molecule has 0 fully saturated rings.